The molecule has 31 heavy (non-hydrogen) atoms. The van der Waals surface area contributed by atoms with Crippen molar-refractivity contribution >= 4 is 15.9 Å². The average Bonchev–Trinajstić information content (AvgIpc) is 3.02. The number of hydrogen-bond acceptors (Lipinski definition) is 3. The van der Waals surface area contributed by atoms with Crippen molar-refractivity contribution in [2.75, 3.05) is 6.54 Å². The predicted molar refractivity (Wildman–Crippen MR) is 122 cm³/mol. The number of carbonyl (C=O) groups excluding carboxylic acids is 1. The Bertz CT molecular complexity index is 1010. The number of fused-ring (bicyclic) bond motifs is 1. The highest BCUT2D eigenvalue weighted by atomic mass is 32.2. The lowest BCUT2D eigenvalue weighted by molar-refractivity contribution is -0.122. The third kappa shape index (κ3) is 5.01. The van der Waals surface area contributed by atoms with Gasteiger partial charge in [0.15, 0.2) is 0 Å². The fourth-order valence-electron chi connectivity index (χ4n) is 4.86. The first-order valence-corrected chi connectivity index (χ1v) is 12.8. The van der Waals surface area contributed by atoms with Crippen molar-refractivity contribution in [2.45, 2.75) is 75.3 Å². The standard InChI is InChI=1S/C25H32N2O3S/c1-19-12-14-22(15-13-19)31(29,30)27-17-16-20-8-6-7-11-23(20)24(27)18-25(28)26-21-9-4-2-3-5-10-21/h6-8,11-15,21,24H,2-5,9-10,16-18H2,1H3,(H,26,28)/t24-/m0/s1. The number of nitrogens with zero attached hydrogens (tertiary/aromatic N) is 1. The van der Waals surface area contributed by atoms with Crippen LogP contribution in [0.5, 0.6) is 0 Å². The summed E-state index contributed by atoms with van der Waals surface area (Å²) in [6.07, 6.45) is 7.57. The number of carbonyl (C=O) groups is 1. The Morgan fingerprint density at radius 3 is 2.39 bits per heavy atom. The van der Waals surface area contributed by atoms with Crippen LogP contribution in [0.4, 0.5) is 0 Å². The van der Waals surface area contributed by atoms with Crippen molar-refractivity contribution in [3.05, 3.63) is 65.2 Å². The molecule has 1 saturated carbocycles. The quantitative estimate of drug-likeness (QED) is 0.696. The van der Waals surface area contributed by atoms with Crippen LogP contribution in [0.25, 0.3) is 0 Å². The van der Waals surface area contributed by atoms with Crippen molar-refractivity contribution in [1.29, 1.82) is 0 Å². The lowest BCUT2D eigenvalue weighted by atomic mass is 9.92. The Morgan fingerprint density at radius 1 is 1.00 bits per heavy atom. The van der Waals surface area contributed by atoms with E-state index >= 15 is 0 Å². The predicted octanol–water partition coefficient (Wildman–Crippen LogP) is 4.51. The van der Waals surface area contributed by atoms with Gasteiger partial charge in [0, 0.05) is 19.0 Å². The van der Waals surface area contributed by atoms with Crippen LogP contribution in [0.2, 0.25) is 0 Å². The molecule has 0 aromatic heterocycles. The molecule has 6 heteroatoms. The van der Waals surface area contributed by atoms with Crippen molar-refractivity contribution in [2.24, 2.45) is 0 Å². The van der Waals surface area contributed by atoms with Gasteiger partial charge in [0.05, 0.1) is 10.9 Å². The third-order valence-electron chi connectivity index (χ3n) is 6.59. The number of hydrogen-bond donors (Lipinski definition) is 1. The van der Waals surface area contributed by atoms with Crippen LogP contribution in [0.3, 0.4) is 0 Å². The van der Waals surface area contributed by atoms with E-state index in [0.717, 1.165) is 42.4 Å². The molecule has 1 fully saturated rings. The molecule has 1 heterocycles. The molecule has 1 atom stereocenters. The van der Waals surface area contributed by atoms with Crippen LogP contribution in [-0.2, 0) is 21.2 Å². The zero-order valence-electron chi connectivity index (χ0n) is 18.2. The fraction of sp³-hybridized carbons (Fsp3) is 0.480. The molecule has 1 aliphatic heterocycles. The zero-order chi connectivity index (χ0) is 21.8. The molecule has 2 aromatic rings. The maximum atomic E-state index is 13.5. The zero-order valence-corrected chi connectivity index (χ0v) is 19.0. The van der Waals surface area contributed by atoms with Gasteiger partial charge in [-0.2, -0.15) is 4.31 Å². The minimum Gasteiger partial charge on any atom is -0.353 e. The Morgan fingerprint density at radius 2 is 1.68 bits per heavy atom. The molecule has 1 N–H and O–H groups in total. The first-order valence-electron chi connectivity index (χ1n) is 11.4. The molecule has 0 spiro atoms. The summed E-state index contributed by atoms with van der Waals surface area (Å²) in [5, 5.41) is 3.20. The van der Waals surface area contributed by atoms with Gasteiger partial charge in [-0.3, -0.25) is 4.79 Å². The van der Waals surface area contributed by atoms with Gasteiger partial charge in [0.25, 0.3) is 0 Å². The van der Waals surface area contributed by atoms with Crippen LogP contribution in [0.1, 0.15) is 67.7 Å². The number of benzene rings is 2. The molecule has 0 unspecified atom stereocenters. The smallest absolute Gasteiger partial charge is 0.243 e. The van der Waals surface area contributed by atoms with E-state index in [1.165, 1.54) is 17.1 Å². The number of sulfonamides is 1. The van der Waals surface area contributed by atoms with Crippen molar-refractivity contribution in [1.82, 2.24) is 9.62 Å². The molecule has 1 aliphatic carbocycles. The number of rotatable bonds is 5. The molecule has 1 amide bonds. The second-order valence-electron chi connectivity index (χ2n) is 8.85. The molecule has 0 radical (unpaired) electrons. The van der Waals surface area contributed by atoms with Gasteiger partial charge < -0.3 is 5.32 Å². The first-order chi connectivity index (χ1) is 14.9. The summed E-state index contributed by atoms with van der Waals surface area (Å²) in [5.41, 5.74) is 3.09. The molecule has 2 aromatic carbocycles. The lowest BCUT2D eigenvalue weighted by Gasteiger charge is -2.36. The average molecular weight is 441 g/mol. The van der Waals surface area contributed by atoms with Crippen molar-refractivity contribution in [3.8, 4) is 0 Å². The van der Waals surface area contributed by atoms with E-state index < -0.39 is 16.1 Å². The van der Waals surface area contributed by atoms with E-state index in [-0.39, 0.29) is 23.3 Å². The van der Waals surface area contributed by atoms with Crippen LogP contribution in [0, 0.1) is 6.92 Å². The van der Waals surface area contributed by atoms with Gasteiger partial charge in [-0.1, -0.05) is 67.6 Å². The van der Waals surface area contributed by atoms with Gasteiger partial charge in [0.1, 0.15) is 0 Å². The lowest BCUT2D eigenvalue weighted by Crippen LogP contribution is -2.43. The topological polar surface area (TPSA) is 66.5 Å². The monoisotopic (exact) mass is 440 g/mol. The van der Waals surface area contributed by atoms with E-state index in [1.54, 1.807) is 12.1 Å². The number of amides is 1. The Balaban J connectivity index is 1.60. The highest BCUT2D eigenvalue weighted by Crippen LogP contribution is 2.36. The maximum Gasteiger partial charge on any atom is 0.243 e. The van der Waals surface area contributed by atoms with Crippen LogP contribution >= 0.6 is 0 Å². The minimum absolute atomic E-state index is 0.0577. The molecule has 4 rings (SSSR count). The normalized spacial score (nSPS) is 20.6. The van der Waals surface area contributed by atoms with Gasteiger partial charge in [-0.05, 0) is 49.4 Å². The summed E-state index contributed by atoms with van der Waals surface area (Å²) in [6.45, 7) is 2.32. The fourth-order valence-corrected chi connectivity index (χ4v) is 6.47. The third-order valence-corrected chi connectivity index (χ3v) is 8.51. The summed E-state index contributed by atoms with van der Waals surface area (Å²) >= 11 is 0. The van der Waals surface area contributed by atoms with Crippen LogP contribution in [0.15, 0.2) is 53.4 Å². The molecule has 0 bridgehead atoms. The van der Waals surface area contributed by atoms with Crippen LogP contribution < -0.4 is 5.32 Å². The largest absolute Gasteiger partial charge is 0.353 e. The Kier molecular flexibility index (Phi) is 6.77. The summed E-state index contributed by atoms with van der Waals surface area (Å²) in [5.74, 6) is -0.0577. The highest BCUT2D eigenvalue weighted by Gasteiger charge is 2.37. The highest BCUT2D eigenvalue weighted by molar-refractivity contribution is 7.89. The van der Waals surface area contributed by atoms with E-state index in [4.69, 9.17) is 0 Å². The second-order valence-corrected chi connectivity index (χ2v) is 10.7. The number of nitrogens with one attached hydrogen (secondary N) is 1. The van der Waals surface area contributed by atoms with E-state index in [1.807, 2.05) is 43.3 Å². The Hall–Kier alpha value is -2.18. The molecular weight excluding hydrogens is 408 g/mol. The minimum atomic E-state index is -3.70. The number of aryl methyl sites for hydroxylation is 1. The first kappa shape index (κ1) is 22.0. The molecule has 166 valence electrons. The summed E-state index contributed by atoms with van der Waals surface area (Å²) in [7, 11) is -3.70. The summed E-state index contributed by atoms with van der Waals surface area (Å²) in [6, 6.07) is 14.6. The van der Waals surface area contributed by atoms with Gasteiger partial charge in [-0.15, -0.1) is 0 Å². The van der Waals surface area contributed by atoms with Gasteiger partial charge in [-0.25, -0.2) is 8.42 Å². The Labute approximate surface area is 185 Å². The second kappa shape index (κ2) is 9.53. The van der Waals surface area contributed by atoms with Crippen molar-refractivity contribution in [3.63, 3.8) is 0 Å². The maximum absolute atomic E-state index is 13.5. The van der Waals surface area contributed by atoms with Gasteiger partial charge in [0.2, 0.25) is 15.9 Å². The molecular formula is C25H32N2O3S. The molecule has 5 nitrogen and oxygen atoms in total. The van der Waals surface area contributed by atoms with Gasteiger partial charge >= 0.3 is 0 Å². The molecule has 2 aliphatic rings. The van der Waals surface area contributed by atoms with E-state index in [2.05, 4.69) is 5.32 Å². The van der Waals surface area contributed by atoms with E-state index in [9.17, 15) is 13.2 Å². The van der Waals surface area contributed by atoms with E-state index in [0.29, 0.717) is 13.0 Å². The summed E-state index contributed by atoms with van der Waals surface area (Å²) < 4.78 is 28.6. The summed E-state index contributed by atoms with van der Waals surface area (Å²) in [4.78, 5) is 13.3. The van der Waals surface area contributed by atoms with Crippen LogP contribution in [-0.4, -0.2) is 31.2 Å². The van der Waals surface area contributed by atoms with Crippen molar-refractivity contribution < 1.29 is 13.2 Å². The SMILES string of the molecule is Cc1ccc(S(=O)(=O)N2CCc3ccccc3[C@@H]2CC(=O)NC2CCCCCC2)cc1. The molecule has 0 saturated heterocycles.